The molecule has 0 aliphatic carbocycles. The number of thiazole rings is 1. The molecule has 2 aliphatic rings. The van der Waals surface area contributed by atoms with E-state index in [-0.39, 0.29) is 17.5 Å². The van der Waals surface area contributed by atoms with Gasteiger partial charge in [0.2, 0.25) is 0 Å². The molecular weight excluding hydrogens is 458 g/mol. The third kappa shape index (κ3) is 4.66. The zero-order valence-corrected chi connectivity index (χ0v) is 20.4. The van der Waals surface area contributed by atoms with E-state index in [0.29, 0.717) is 16.4 Å². The van der Waals surface area contributed by atoms with Crippen LogP contribution in [0.2, 0.25) is 0 Å². The SMILES string of the molecule is O=c1[nH]c(C2CCN(c3ccccn3)CC2)nc(NC2CCCNC2)c1-c1nc2ccccc2s1. The van der Waals surface area contributed by atoms with E-state index in [1.54, 1.807) is 0 Å². The average molecular weight is 488 g/mol. The number of anilines is 2. The van der Waals surface area contributed by atoms with Crippen molar-refractivity contribution in [3.63, 3.8) is 0 Å². The van der Waals surface area contributed by atoms with Crippen LogP contribution in [-0.2, 0) is 0 Å². The van der Waals surface area contributed by atoms with Gasteiger partial charge in [-0.15, -0.1) is 11.3 Å². The molecule has 0 saturated carbocycles. The van der Waals surface area contributed by atoms with Gasteiger partial charge in [-0.2, -0.15) is 0 Å². The van der Waals surface area contributed by atoms with Crippen LogP contribution in [0.15, 0.2) is 53.5 Å². The number of piperidine rings is 2. The van der Waals surface area contributed by atoms with Gasteiger partial charge in [-0.1, -0.05) is 18.2 Å². The topological polar surface area (TPSA) is 98.8 Å². The summed E-state index contributed by atoms with van der Waals surface area (Å²) in [5.74, 6) is 2.64. The molecule has 6 rings (SSSR count). The molecule has 5 heterocycles. The summed E-state index contributed by atoms with van der Waals surface area (Å²) >= 11 is 1.54. The van der Waals surface area contributed by atoms with Crippen LogP contribution in [0, 0.1) is 0 Å². The van der Waals surface area contributed by atoms with Gasteiger partial charge in [-0.25, -0.2) is 15.0 Å². The van der Waals surface area contributed by atoms with E-state index in [0.717, 1.165) is 73.7 Å². The highest BCUT2D eigenvalue weighted by atomic mass is 32.1. The third-order valence-electron chi connectivity index (χ3n) is 6.94. The van der Waals surface area contributed by atoms with Crippen LogP contribution < -0.4 is 21.1 Å². The minimum Gasteiger partial charge on any atom is -0.365 e. The Kier molecular flexibility index (Phi) is 6.18. The molecule has 0 spiro atoms. The summed E-state index contributed by atoms with van der Waals surface area (Å²) in [4.78, 5) is 33.2. The van der Waals surface area contributed by atoms with Crippen LogP contribution in [0.5, 0.6) is 0 Å². The quantitative estimate of drug-likeness (QED) is 0.391. The molecule has 180 valence electrons. The van der Waals surface area contributed by atoms with Crippen molar-refractivity contribution >= 4 is 33.2 Å². The van der Waals surface area contributed by atoms with Crippen molar-refractivity contribution in [2.75, 3.05) is 36.4 Å². The Morgan fingerprint density at radius 3 is 2.66 bits per heavy atom. The van der Waals surface area contributed by atoms with Crippen LogP contribution in [0.1, 0.15) is 37.4 Å². The van der Waals surface area contributed by atoms with Crippen LogP contribution in [0.3, 0.4) is 0 Å². The number of para-hydroxylation sites is 1. The summed E-state index contributed by atoms with van der Waals surface area (Å²) in [6.45, 7) is 3.68. The molecule has 0 amide bonds. The molecule has 2 aliphatic heterocycles. The largest absolute Gasteiger partial charge is 0.365 e. The summed E-state index contributed by atoms with van der Waals surface area (Å²) < 4.78 is 1.07. The van der Waals surface area contributed by atoms with Gasteiger partial charge in [0.05, 0.1) is 10.2 Å². The van der Waals surface area contributed by atoms with E-state index in [1.165, 1.54) is 11.3 Å². The molecule has 8 nitrogen and oxygen atoms in total. The van der Waals surface area contributed by atoms with Crippen molar-refractivity contribution in [2.45, 2.75) is 37.6 Å². The monoisotopic (exact) mass is 487 g/mol. The van der Waals surface area contributed by atoms with Gasteiger partial charge in [0, 0.05) is 37.8 Å². The lowest BCUT2D eigenvalue weighted by molar-refractivity contribution is 0.474. The van der Waals surface area contributed by atoms with Crippen molar-refractivity contribution in [1.82, 2.24) is 25.3 Å². The maximum atomic E-state index is 13.5. The molecule has 0 bridgehead atoms. The number of nitrogens with one attached hydrogen (secondary N) is 3. The number of benzene rings is 1. The molecule has 2 fully saturated rings. The van der Waals surface area contributed by atoms with Gasteiger partial charge in [-0.3, -0.25) is 4.79 Å². The third-order valence-corrected chi connectivity index (χ3v) is 7.99. The molecular formula is C26H29N7OS. The smallest absolute Gasteiger partial charge is 0.263 e. The molecule has 3 aromatic heterocycles. The Bertz CT molecular complexity index is 1320. The molecule has 9 heteroatoms. The number of aromatic amines is 1. The van der Waals surface area contributed by atoms with Crippen molar-refractivity contribution in [3.8, 4) is 10.6 Å². The maximum absolute atomic E-state index is 13.5. The standard InChI is InChI=1S/C26H29N7OS/c34-25-22(26-30-19-7-1-2-8-20(19)35-26)24(29-18-6-5-12-27-16-18)31-23(32-25)17-10-14-33(15-11-17)21-9-3-4-13-28-21/h1-4,7-9,13,17-18,27H,5-6,10-12,14-16H2,(H2,29,31,32,34). The minimum atomic E-state index is -0.118. The van der Waals surface area contributed by atoms with Gasteiger partial charge >= 0.3 is 0 Å². The molecule has 1 aromatic carbocycles. The van der Waals surface area contributed by atoms with Gasteiger partial charge in [0.15, 0.2) is 0 Å². The van der Waals surface area contributed by atoms with Crippen molar-refractivity contribution in [2.24, 2.45) is 0 Å². The number of aromatic nitrogens is 4. The average Bonchev–Trinajstić information content (AvgIpc) is 3.33. The predicted molar refractivity (Wildman–Crippen MR) is 141 cm³/mol. The first kappa shape index (κ1) is 22.2. The van der Waals surface area contributed by atoms with Gasteiger partial charge < -0.3 is 20.5 Å². The molecule has 2 saturated heterocycles. The normalized spacial score (nSPS) is 19.2. The fourth-order valence-electron chi connectivity index (χ4n) is 5.06. The maximum Gasteiger partial charge on any atom is 0.263 e. The second kappa shape index (κ2) is 9.75. The van der Waals surface area contributed by atoms with E-state index in [9.17, 15) is 4.79 Å². The van der Waals surface area contributed by atoms with Crippen molar-refractivity contribution < 1.29 is 0 Å². The highest BCUT2D eigenvalue weighted by Crippen LogP contribution is 2.34. The second-order valence-corrected chi connectivity index (χ2v) is 10.3. The van der Waals surface area contributed by atoms with Crippen LogP contribution in [-0.4, -0.2) is 52.2 Å². The first-order chi connectivity index (χ1) is 17.2. The van der Waals surface area contributed by atoms with E-state index in [4.69, 9.17) is 9.97 Å². The van der Waals surface area contributed by atoms with E-state index < -0.39 is 0 Å². The Morgan fingerprint density at radius 1 is 1.03 bits per heavy atom. The number of hydrogen-bond donors (Lipinski definition) is 3. The van der Waals surface area contributed by atoms with E-state index >= 15 is 0 Å². The van der Waals surface area contributed by atoms with E-state index in [1.807, 2.05) is 48.7 Å². The zero-order valence-electron chi connectivity index (χ0n) is 19.5. The lowest BCUT2D eigenvalue weighted by Crippen LogP contribution is -2.39. The number of H-pyrrole nitrogens is 1. The highest BCUT2D eigenvalue weighted by Gasteiger charge is 2.27. The van der Waals surface area contributed by atoms with E-state index in [2.05, 4.69) is 25.5 Å². The fraction of sp³-hybridized carbons (Fsp3) is 0.385. The number of nitrogens with zero attached hydrogens (tertiary/aromatic N) is 4. The summed E-state index contributed by atoms with van der Waals surface area (Å²) in [6, 6.07) is 14.2. The summed E-state index contributed by atoms with van der Waals surface area (Å²) in [5, 5.41) is 7.76. The Labute approximate surface area is 207 Å². The summed E-state index contributed by atoms with van der Waals surface area (Å²) in [7, 11) is 0. The molecule has 1 atom stereocenters. The van der Waals surface area contributed by atoms with Gasteiger partial charge in [0.25, 0.3) is 5.56 Å². The summed E-state index contributed by atoms with van der Waals surface area (Å²) in [6.07, 6.45) is 5.84. The van der Waals surface area contributed by atoms with Crippen molar-refractivity contribution in [1.29, 1.82) is 0 Å². The van der Waals surface area contributed by atoms with Crippen LogP contribution in [0.4, 0.5) is 11.6 Å². The first-order valence-corrected chi connectivity index (χ1v) is 13.2. The first-order valence-electron chi connectivity index (χ1n) is 12.4. The number of hydrogen-bond acceptors (Lipinski definition) is 8. The lowest BCUT2D eigenvalue weighted by Gasteiger charge is -2.32. The Balaban J connectivity index is 1.32. The number of rotatable bonds is 5. The fourth-order valence-corrected chi connectivity index (χ4v) is 6.07. The van der Waals surface area contributed by atoms with Gasteiger partial charge in [-0.05, 0) is 56.5 Å². The molecule has 4 aromatic rings. The summed E-state index contributed by atoms with van der Waals surface area (Å²) in [5.41, 5.74) is 1.34. The second-order valence-electron chi connectivity index (χ2n) is 9.30. The zero-order chi connectivity index (χ0) is 23.6. The van der Waals surface area contributed by atoms with Gasteiger partial charge in [0.1, 0.15) is 28.0 Å². The Hall–Kier alpha value is -3.30. The molecule has 0 radical (unpaired) electrons. The lowest BCUT2D eigenvalue weighted by atomic mass is 9.95. The van der Waals surface area contributed by atoms with Crippen LogP contribution >= 0.6 is 11.3 Å². The molecule has 35 heavy (non-hydrogen) atoms. The number of pyridine rings is 1. The molecule has 1 unspecified atom stereocenters. The number of fused-ring (bicyclic) bond motifs is 1. The highest BCUT2D eigenvalue weighted by molar-refractivity contribution is 7.21. The minimum absolute atomic E-state index is 0.118. The molecule has 3 N–H and O–H groups in total. The van der Waals surface area contributed by atoms with Crippen molar-refractivity contribution in [3.05, 3.63) is 64.8 Å². The predicted octanol–water partition coefficient (Wildman–Crippen LogP) is 3.99. The van der Waals surface area contributed by atoms with Crippen LogP contribution in [0.25, 0.3) is 20.8 Å². The Morgan fingerprint density at radius 2 is 1.89 bits per heavy atom.